The predicted octanol–water partition coefficient (Wildman–Crippen LogP) is 1.29. The SMILES string of the molecule is O=c1c(Cl)c(NCCO)cnn1-c1ccccc1. The average Bonchev–Trinajstić information content (AvgIpc) is 2.41. The molecule has 6 heteroatoms. The van der Waals surface area contributed by atoms with E-state index in [1.807, 2.05) is 18.2 Å². The first-order chi connectivity index (χ1) is 8.74. The summed E-state index contributed by atoms with van der Waals surface area (Å²) in [5.41, 5.74) is 0.673. The Kier molecular flexibility index (Phi) is 3.96. The number of hydrogen-bond acceptors (Lipinski definition) is 4. The molecule has 0 amide bonds. The molecule has 0 bridgehead atoms. The van der Waals surface area contributed by atoms with Crippen LogP contribution in [0, 0.1) is 0 Å². The van der Waals surface area contributed by atoms with E-state index in [9.17, 15) is 4.79 Å². The molecule has 0 saturated heterocycles. The molecule has 94 valence electrons. The molecule has 5 nitrogen and oxygen atoms in total. The van der Waals surface area contributed by atoms with Crippen molar-refractivity contribution in [1.29, 1.82) is 0 Å². The number of aromatic nitrogens is 2. The highest BCUT2D eigenvalue weighted by Gasteiger charge is 2.09. The molecule has 0 spiro atoms. The van der Waals surface area contributed by atoms with Crippen LogP contribution in [-0.2, 0) is 0 Å². The number of hydrogen-bond donors (Lipinski definition) is 2. The highest BCUT2D eigenvalue weighted by atomic mass is 35.5. The fourth-order valence-electron chi connectivity index (χ4n) is 1.50. The van der Waals surface area contributed by atoms with Crippen molar-refractivity contribution in [3.8, 4) is 5.69 Å². The van der Waals surface area contributed by atoms with Crippen LogP contribution < -0.4 is 10.9 Å². The zero-order valence-electron chi connectivity index (χ0n) is 9.51. The Morgan fingerprint density at radius 3 is 2.72 bits per heavy atom. The fourth-order valence-corrected chi connectivity index (χ4v) is 1.70. The van der Waals surface area contributed by atoms with Crippen LogP contribution in [0.2, 0.25) is 5.02 Å². The van der Waals surface area contributed by atoms with Gasteiger partial charge in [-0.25, -0.2) is 0 Å². The fraction of sp³-hybridized carbons (Fsp3) is 0.167. The summed E-state index contributed by atoms with van der Waals surface area (Å²) in [5, 5.41) is 15.6. The van der Waals surface area contributed by atoms with Gasteiger partial charge in [-0.1, -0.05) is 29.8 Å². The monoisotopic (exact) mass is 265 g/mol. The van der Waals surface area contributed by atoms with Crippen molar-refractivity contribution < 1.29 is 5.11 Å². The first-order valence-electron chi connectivity index (χ1n) is 5.42. The van der Waals surface area contributed by atoms with Gasteiger partial charge >= 0.3 is 0 Å². The molecule has 0 radical (unpaired) electrons. The normalized spacial score (nSPS) is 10.3. The zero-order chi connectivity index (χ0) is 13.0. The third-order valence-electron chi connectivity index (χ3n) is 2.35. The van der Waals surface area contributed by atoms with Gasteiger partial charge in [-0.15, -0.1) is 0 Å². The number of anilines is 1. The first-order valence-corrected chi connectivity index (χ1v) is 5.80. The summed E-state index contributed by atoms with van der Waals surface area (Å²) in [6.07, 6.45) is 1.46. The van der Waals surface area contributed by atoms with Gasteiger partial charge in [0.2, 0.25) is 0 Å². The van der Waals surface area contributed by atoms with E-state index in [2.05, 4.69) is 10.4 Å². The highest BCUT2D eigenvalue weighted by molar-refractivity contribution is 6.32. The van der Waals surface area contributed by atoms with Gasteiger partial charge in [-0.2, -0.15) is 9.78 Å². The number of aliphatic hydroxyl groups is 1. The standard InChI is InChI=1S/C12H12ClN3O2/c13-11-10(14-6-7-17)8-15-16(12(11)18)9-4-2-1-3-5-9/h1-5,8,14,17H,6-7H2. The molecule has 0 aliphatic carbocycles. The zero-order valence-corrected chi connectivity index (χ0v) is 10.3. The second-order valence-corrected chi connectivity index (χ2v) is 3.95. The van der Waals surface area contributed by atoms with Crippen LogP contribution >= 0.6 is 11.6 Å². The van der Waals surface area contributed by atoms with Crippen molar-refractivity contribution in [2.75, 3.05) is 18.5 Å². The van der Waals surface area contributed by atoms with Gasteiger partial charge in [-0.3, -0.25) is 4.79 Å². The lowest BCUT2D eigenvalue weighted by Crippen LogP contribution is -2.23. The summed E-state index contributed by atoms with van der Waals surface area (Å²) >= 11 is 5.97. The average molecular weight is 266 g/mol. The molecule has 18 heavy (non-hydrogen) atoms. The maximum atomic E-state index is 12.0. The number of nitrogens with zero attached hydrogens (tertiary/aromatic N) is 2. The largest absolute Gasteiger partial charge is 0.395 e. The van der Waals surface area contributed by atoms with Crippen molar-refractivity contribution in [2.45, 2.75) is 0 Å². The number of para-hydroxylation sites is 1. The third-order valence-corrected chi connectivity index (χ3v) is 2.71. The van der Waals surface area contributed by atoms with Crippen LogP contribution in [0.1, 0.15) is 0 Å². The number of halogens is 1. The second kappa shape index (κ2) is 5.66. The predicted molar refractivity (Wildman–Crippen MR) is 70.4 cm³/mol. The van der Waals surface area contributed by atoms with Gasteiger partial charge in [0.05, 0.1) is 24.2 Å². The van der Waals surface area contributed by atoms with Gasteiger partial charge in [0.15, 0.2) is 0 Å². The molecule has 1 aromatic heterocycles. The van der Waals surface area contributed by atoms with E-state index in [1.54, 1.807) is 12.1 Å². The lowest BCUT2D eigenvalue weighted by molar-refractivity contribution is 0.311. The molecule has 0 saturated carbocycles. The highest BCUT2D eigenvalue weighted by Crippen LogP contribution is 2.15. The van der Waals surface area contributed by atoms with Crippen LogP contribution in [0.15, 0.2) is 41.3 Å². The van der Waals surface area contributed by atoms with Crippen LogP contribution in [0.3, 0.4) is 0 Å². The Hall–Kier alpha value is -1.85. The van der Waals surface area contributed by atoms with Crippen molar-refractivity contribution in [3.63, 3.8) is 0 Å². The summed E-state index contributed by atoms with van der Waals surface area (Å²) in [6.45, 7) is 0.272. The molecule has 0 aliphatic heterocycles. The minimum absolute atomic E-state index is 0.0436. The number of rotatable bonds is 4. The number of aliphatic hydroxyl groups excluding tert-OH is 1. The lowest BCUT2D eigenvalue weighted by atomic mass is 10.3. The van der Waals surface area contributed by atoms with Gasteiger partial charge in [0.1, 0.15) is 5.02 Å². The van der Waals surface area contributed by atoms with Crippen LogP contribution in [0.4, 0.5) is 5.69 Å². The second-order valence-electron chi connectivity index (χ2n) is 3.58. The molecule has 1 aromatic carbocycles. The Bertz CT molecular complexity index is 584. The van der Waals surface area contributed by atoms with Crippen molar-refractivity contribution in [2.24, 2.45) is 0 Å². The molecule has 2 aromatic rings. The number of nitrogens with one attached hydrogen (secondary N) is 1. The van der Waals surface area contributed by atoms with Gasteiger partial charge in [0, 0.05) is 6.54 Å². The lowest BCUT2D eigenvalue weighted by Gasteiger charge is -2.09. The van der Waals surface area contributed by atoms with E-state index in [-0.39, 0.29) is 11.6 Å². The smallest absolute Gasteiger partial charge is 0.292 e. The van der Waals surface area contributed by atoms with E-state index >= 15 is 0 Å². The first kappa shape index (κ1) is 12.6. The summed E-state index contributed by atoms with van der Waals surface area (Å²) < 4.78 is 1.23. The Labute approximate surface area is 109 Å². The molecular weight excluding hydrogens is 254 g/mol. The topological polar surface area (TPSA) is 67.2 Å². The third kappa shape index (κ3) is 2.52. The molecule has 0 unspecified atom stereocenters. The van der Waals surface area contributed by atoms with Crippen molar-refractivity contribution in [1.82, 2.24) is 9.78 Å². The summed E-state index contributed by atoms with van der Waals surface area (Å²) in [7, 11) is 0. The summed E-state index contributed by atoms with van der Waals surface area (Å²) in [5.74, 6) is 0. The van der Waals surface area contributed by atoms with Crippen LogP contribution in [0.25, 0.3) is 5.69 Å². The minimum Gasteiger partial charge on any atom is -0.395 e. The van der Waals surface area contributed by atoms with Crippen LogP contribution in [-0.4, -0.2) is 28.0 Å². The Balaban J connectivity index is 2.41. The molecule has 0 fully saturated rings. The quantitative estimate of drug-likeness (QED) is 0.874. The molecule has 0 atom stereocenters. The van der Waals surface area contributed by atoms with Gasteiger partial charge < -0.3 is 10.4 Å². The van der Waals surface area contributed by atoms with Gasteiger partial charge in [-0.05, 0) is 12.1 Å². The van der Waals surface area contributed by atoms with Crippen LogP contribution in [0.5, 0.6) is 0 Å². The summed E-state index contributed by atoms with van der Waals surface area (Å²) in [6, 6.07) is 9.02. The van der Waals surface area contributed by atoms with E-state index in [4.69, 9.17) is 16.7 Å². The summed E-state index contributed by atoms with van der Waals surface area (Å²) in [4.78, 5) is 12.0. The number of benzene rings is 1. The van der Waals surface area contributed by atoms with E-state index in [1.165, 1.54) is 10.9 Å². The Morgan fingerprint density at radius 1 is 1.33 bits per heavy atom. The molecule has 0 aliphatic rings. The molecule has 2 rings (SSSR count). The maximum Gasteiger partial charge on any atom is 0.292 e. The van der Waals surface area contributed by atoms with Crippen molar-refractivity contribution >= 4 is 17.3 Å². The molecule has 1 heterocycles. The maximum absolute atomic E-state index is 12.0. The van der Waals surface area contributed by atoms with E-state index in [0.29, 0.717) is 17.9 Å². The van der Waals surface area contributed by atoms with Gasteiger partial charge in [0.25, 0.3) is 5.56 Å². The Morgan fingerprint density at radius 2 is 2.06 bits per heavy atom. The van der Waals surface area contributed by atoms with E-state index in [0.717, 1.165) is 0 Å². The van der Waals surface area contributed by atoms with Crippen molar-refractivity contribution in [3.05, 3.63) is 51.9 Å². The van der Waals surface area contributed by atoms with E-state index < -0.39 is 5.56 Å². The minimum atomic E-state index is -0.397. The molecular formula is C12H12ClN3O2. The molecule has 2 N–H and O–H groups in total.